The lowest BCUT2D eigenvalue weighted by Gasteiger charge is -2.01. The second kappa shape index (κ2) is 3.41. The van der Waals surface area contributed by atoms with Crippen LogP contribution in [0.3, 0.4) is 0 Å². The monoisotopic (exact) mass is 158 g/mol. The summed E-state index contributed by atoms with van der Waals surface area (Å²) in [4.78, 5) is 0. The summed E-state index contributed by atoms with van der Waals surface area (Å²) in [7, 11) is 0. The Balaban J connectivity index is 3.18. The summed E-state index contributed by atoms with van der Waals surface area (Å²) >= 11 is 0. The maximum atomic E-state index is 8.62. The normalized spacial score (nSPS) is 8.25. The van der Waals surface area contributed by atoms with Crippen molar-refractivity contribution >= 4 is 0 Å². The van der Waals surface area contributed by atoms with Crippen LogP contribution in [0, 0.1) is 29.8 Å². The van der Waals surface area contributed by atoms with Crippen LogP contribution in [0.1, 0.15) is 11.1 Å². The van der Waals surface area contributed by atoms with Gasteiger partial charge in [0.1, 0.15) is 5.75 Å². The second-order valence-electron chi connectivity index (χ2n) is 2.23. The molecule has 0 aliphatic rings. The van der Waals surface area contributed by atoms with E-state index in [-0.39, 0.29) is 0 Å². The third-order valence-electron chi connectivity index (χ3n) is 1.56. The van der Waals surface area contributed by atoms with E-state index in [9.17, 15) is 0 Å². The first-order chi connectivity index (χ1) is 5.79. The Morgan fingerprint density at radius 3 is 2.67 bits per heavy atom. The van der Waals surface area contributed by atoms with Crippen LogP contribution < -0.4 is 4.74 Å². The average molecular weight is 158 g/mol. The van der Waals surface area contributed by atoms with E-state index in [0.717, 1.165) is 0 Å². The molecule has 0 aromatic heterocycles. The van der Waals surface area contributed by atoms with Gasteiger partial charge >= 0.3 is 0 Å². The van der Waals surface area contributed by atoms with E-state index in [1.807, 2.05) is 6.07 Å². The molecule has 0 atom stereocenters. The van der Waals surface area contributed by atoms with Gasteiger partial charge in [-0.3, -0.25) is 0 Å². The zero-order valence-electron chi connectivity index (χ0n) is 6.53. The topological polar surface area (TPSA) is 56.8 Å². The molecular formula is C9H6N2O. The third kappa shape index (κ3) is 1.36. The van der Waals surface area contributed by atoms with Crippen molar-refractivity contribution in [1.82, 2.24) is 0 Å². The lowest BCUT2D eigenvalue weighted by molar-refractivity contribution is 0.503. The van der Waals surface area contributed by atoms with Gasteiger partial charge in [-0.05, 0) is 19.1 Å². The number of rotatable bonds is 1. The average Bonchev–Trinajstić information content (AvgIpc) is 2.09. The van der Waals surface area contributed by atoms with E-state index >= 15 is 0 Å². The van der Waals surface area contributed by atoms with Crippen LogP contribution in [0.5, 0.6) is 5.75 Å². The second-order valence-corrected chi connectivity index (χ2v) is 2.23. The molecule has 0 bridgehead atoms. The summed E-state index contributed by atoms with van der Waals surface area (Å²) < 4.78 is 4.63. The van der Waals surface area contributed by atoms with E-state index < -0.39 is 0 Å². The van der Waals surface area contributed by atoms with Gasteiger partial charge in [-0.15, -0.1) is 5.26 Å². The fourth-order valence-electron chi connectivity index (χ4n) is 0.895. The summed E-state index contributed by atoms with van der Waals surface area (Å²) in [5.41, 5.74) is 1.23. The largest absolute Gasteiger partial charge is 0.388 e. The summed E-state index contributed by atoms with van der Waals surface area (Å²) in [6, 6.07) is 7.02. The number of hydrogen-bond donors (Lipinski definition) is 0. The van der Waals surface area contributed by atoms with Gasteiger partial charge in [0.15, 0.2) is 0 Å². The van der Waals surface area contributed by atoms with Crippen LogP contribution in [0.2, 0.25) is 0 Å². The fraction of sp³-hybridized carbons (Fsp3) is 0.111. The molecule has 1 aromatic rings. The van der Waals surface area contributed by atoms with Gasteiger partial charge in [-0.1, -0.05) is 6.07 Å². The van der Waals surface area contributed by atoms with Crippen LogP contribution in [-0.2, 0) is 0 Å². The lowest BCUT2D eigenvalue weighted by atomic mass is 10.1. The molecule has 3 heteroatoms. The Morgan fingerprint density at radius 1 is 1.33 bits per heavy atom. The highest BCUT2D eigenvalue weighted by Gasteiger charge is 2.03. The summed E-state index contributed by atoms with van der Waals surface area (Å²) in [5, 5.41) is 16.9. The number of hydrogen-bond acceptors (Lipinski definition) is 3. The Labute approximate surface area is 70.4 Å². The summed E-state index contributed by atoms with van der Waals surface area (Å²) in [6.07, 6.45) is 1.57. The third-order valence-corrected chi connectivity index (χ3v) is 1.56. The minimum atomic E-state index is 0.441. The zero-order chi connectivity index (χ0) is 8.97. The molecule has 0 aliphatic heterocycles. The van der Waals surface area contributed by atoms with Gasteiger partial charge in [0.2, 0.25) is 0 Å². The highest BCUT2D eigenvalue weighted by atomic mass is 16.5. The molecule has 0 saturated carbocycles. The molecule has 0 N–H and O–H groups in total. The van der Waals surface area contributed by atoms with Crippen molar-refractivity contribution in [3.05, 3.63) is 29.3 Å². The van der Waals surface area contributed by atoms with E-state index in [1.165, 1.54) is 0 Å². The van der Waals surface area contributed by atoms with Crippen LogP contribution in [0.25, 0.3) is 0 Å². The molecule has 0 amide bonds. The van der Waals surface area contributed by atoms with Crippen LogP contribution in [0.15, 0.2) is 18.2 Å². The molecule has 0 unspecified atom stereocenters. The van der Waals surface area contributed by atoms with Crippen LogP contribution in [0.4, 0.5) is 0 Å². The molecule has 0 heterocycles. The summed E-state index contributed by atoms with van der Waals surface area (Å²) in [6.45, 7) is 1.74. The first kappa shape index (κ1) is 8.10. The van der Waals surface area contributed by atoms with Crippen molar-refractivity contribution in [2.24, 2.45) is 0 Å². The maximum Gasteiger partial charge on any atom is 0.292 e. The molecule has 0 saturated heterocycles. The van der Waals surface area contributed by atoms with Crippen LogP contribution >= 0.6 is 0 Å². The zero-order valence-corrected chi connectivity index (χ0v) is 6.53. The van der Waals surface area contributed by atoms with Crippen molar-refractivity contribution in [2.75, 3.05) is 0 Å². The van der Waals surface area contributed by atoms with Crippen LogP contribution in [-0.4, -0.2) is 0 Å². The number of nitrogens with zero attached hydrogens (tertiary/aromatic N) is 2. The summed E-state index contributed by atoms with van der Waals surface area (Å²) in [5.74, 6) is 0.441. The first-order valence-corrected chi connectivity index (χ1v) is 3.35. The van der Waals surface area contributed by atoms with Gasteiger partial charge in [-0.2, -0.15) is 5.26 Å². The van der Waals surface area contributed by atoms with Gasteiger partial charge in [0.05, 0.1) is 11.6 Å². The quantitative estimate of drug-likeness (QED) is 0.585. The molecule has 0 radical (unpaired) electrons. The standard InChI is InChI=1S/C9H6N2O/c1-7-8(5-10)3-2-4-9(7)12-6-11/h2-4H,1H3. The van der Waals surface area contributed by atoms with E-state index in [2.05, 4.69) is 4.74 Å². The van der Waals surface area contributed by atoms with Crippen molar-refractivity contribution in [1.29, 1.82) is 10.5 Å². The number of ether oxygens (including phenoxy) is 1. The van der Waals surface area contributed by atoms with Crippen molar-refractivity contribution in [3.8, 4) is 18.1 Å². The molecule has 1 aromatic carbocycles. The van der Waals surface area contributed by atoms with Gasteiger partial charge in [0.25, 0.3) is 6.26 Å². The predicted molar refractivity (Wildman–Crippen MR) is 42.1 cm³/mol. The van der Waals surface area contributed by atoms with Crippen molar-refractivity contribution < 1.29 is 4.74 Å². The molecular weight excluding hydrogens is 152 g/mol. The smallest absolute Gasteiger partial charge is 0.292 e. The van der Waals surface area contributed by atoms with Gasteiger partial charge < -0.3 is 4.74 Å². The van der Waals surface area contributed by atoms with E-state index in [0.29, 0.717) is 16.9 Å². The van der Waals surface area contributed by atoms with E-state index in [1.54, 1.807) is 31.4 Å². The molecule has 12 heavy (non-hydrogen) atoms. The molecule has 3 nitrogen and oxygen atoms in total. The van der Waals surface area contributed by atoms with Gasteiger partial charge in [0, 0.05) is 5.56 Å². The first-order valence-electron chi connectivity index (χ1n) is 3.35. The highest BCUT2D eigenvalue weighted by molar-refractivity contribution is 5.45. The minimum Gasteiger partial charge on any atom is -0.388 e. The number of benzene rings is 1. The highest BCUT2D eigenvalue weighted by Crippen LogP contribution is 2.19. The predicted octanol–water partition coefficient (Wildman–Crippen LogP) is 1.73. The SMILES string of the molecule is Cc1c(C#N)cccc1OC#N. The van der Waals surface area contributed by atoms with Gasteiger partial charge in [-0.25, -0.2) is 0 Å². The molecule has 0 aliphatic carbocycles. The lowest BCUT2D eigenvalue weighted by Crippen LogP contribution is -1.88. The minimum absolute atomic E-state index is 0.441. The van der Waals surface area contributed by atoms with Crippen molar-refractivity contribution in [3.63, 3.8) is 0 Å². The Kier molecular flexibility index (Phi) is 2.30. The maximum absolute atomic E-state index is 8.62. The molecule has 1 rings (SSSR count). The fourth-order valence-corrected chi connectivity index (χ4v) is 0.895. The number of nitriles is 2. The van der Waals surface area contributed by atoms with E-state index in [4.69, 9.17) is 10.5 Å². The Bertz CT molecular complexity index is 371. The molecule has 58 valence electrons. The molecule has 0 spiro atoms. The van der Waals surface area contributed by atoms with Crippen molar-refractivity contribution in [2.45, 2.75) is 6.92 Å². The Morgan fingerprint density at radius 2 is 2.08 bits per heavy atom. The molecule has 0 fully saturated rings. The Hall–Kier alpha value is -2.00.